The molecule has 0 rings (SSSR count). The van der Waals surface area contributed by atoms with Crippen LogP contribution in [0.4, 0.5) is 0 Å². The molecule has 8 heteroatoms. The van der Waals surface area contributed by atoms with Crippen LogP contribution < -0.4 is 0 Å². The van der Waals surface area contributed by atoms with Crippen LogP contribution >= 0.6 is 0 Å². The first-order chi connectivity index (χ1) is 3.55. The number of carboxylic acid groups (broad SMARTS) is 1. The summed E-state index contributed by atoms with van der Waals surface area (Å²) < 4.78 is 19.1. The van der Waals surface area contributed by atoms with Gasteiger partial charge in [0.2, 0.25) is 0 Å². The summed E-state index contributed by atoms with van der Waals surface area (Å²) in [5, 5.41) is 15.7. The van der Waals surface area contributed by atoms with Crippen molar-refractivity contribution in [3.05, 3.63) is 0 Å². The van der Waals surface area contributed by atoms with E-state index in [1.54, 1.807) is 0 Å². The van der Waals surface area contributed by atoms with Gasteiger partial charge in [0.15, 0.2) is 10.7 Å². The number of hydrogen-bond donors (Lipinski definition) is 3. The Labute approximate surface area is 103 Å². The number of aliphatic hydroxyl groups excluding tert-OH is 1. The third kappa shape index (κ3) is 7.49. The molecule has 52 valence electrons. The number of hydrogen-bond acceptors (Lipinski definition) is 4. The van der Waals surface area contributed by atoms with Gasteiger partial charge in [0.25, 0.3) is 5.44 Å². The van der Waals surface area contributed by atoms with Gasteiger partial charge in [0.05, 0.1) is 0 Å². The topological polar surface area (TPSA) is 91.7 Å². The summed E-state index contributed by atoms with van der Waals surface area (Å²) in [6.07, 6.45) is 0. The van der Waals surface area contributed by atoms with Gasteiger partial charge in [-0.05, 0) is 0 Å². The van der Waals surface area contributed by atoms with Crippen molar-refractivity contribution < 1.29 is 23.4 Å². The first-order valence-electron chi connectivity index (χ1n) is 1.60. The van der Waals surface area contributed by atoms with Gasteiger partial charge < -0.3 is 10.2 Å². The standard InChI is InChI=1S/C2H4O5S.2Na.2H/c3-1(4)2(5)8(6)7;;;;/h2,5,8H,(H,3,4);;;;. The molecule has 1 atom stereocenters. The van der Waals surface area contributed by atoms with Crippen LogP contribution in [0.25, 0.3) is 0 Å². The molecule has 0 saturated carbocycles. The van der Waals surface area contributed by atoms with E-state index in [2.05, 4.69) is 0 Å². The molecule has 0 spiro atoms. The van der Waals surface area contributed by atoms with Gasteiger partial charge in [-0.25, -0.2) is 13.2 Å². The van der Waals surface area contributed by atoms with E-state index in [1.165, 1.54) is 0 Å². The third-order valence-corrected chi connectivity index (χ3v) is 1.04. The van der Waals surface area contributed by atoms with E-state index in [4.69, 9.17) is 10.2 Å². The second-order valence-electron chi connectivity index (χ2n) is 0.997. The average Bonchev–Trinajstić information content (AvgIpc) is 1.64. The van der Waals surface area contributed by atoms with Crippen molar-refractivity contribution in [1.29, 1.82) is 0 Å². The molecule has 0 radical (unpaired) electrons. The number of carboxylic acids is 1. The van der Waals surface area contributed by atoms with Crippen LogP contribution in [-0.2, 0) is 15.5 Å². The van der Waals surface area contributed by atoms with Gasteiger partial charge >= 0.3 is 65.1 Å². The first kappa shape index (κ1) is 17.5. The number of thiol groups is 1. The molecule has 0 saturated heterocycles. The number of aliphatic carboxylic acids is 1. The molecule has 10 heavy (non-hydrogen) atoms. The van der Waals surface area contributed by atoms with Crippen LogP contribution in [-0.4, -0.2) is 89.2 Å². The van der Waals surface area contributed by atoms with Crippen LogP contribution in [0.1, 0.15) is 0 Å². The van der Waals surface area contributed by atoms with E-state index in [0.717, 1.165) is 0 Å². The van der Waals surface area contributed by atoms with E-state index in [9.17, 15) is 13.2 Å². The van der Waals surface area contributed by atoms with Crippen LogP contribution in [0.3, 0.4) is 0 Å². The quantitative estimate of drug-likeness (QED) is 0.312. The van der Waals surface area contributed by atoms with Crippen molar-refractivity contribution >= 4 is 75.8 Å². The summed E-state index contributed by atoms with van der Waals surface area (Å²) in [4.78, 5) is 9.51. The number of rotatable bonds is 2. The monoisotopic (exact) mass is 188 g/mol. The molecule has 0 aromatic carbocycles. The van der Waals surface area contributed by atoms with Gasteiger partial charge in [0.1, 0.15) is 0 Å². The predicted molar refractivity (Wildman–Crippen MR) is 38.3 cm³/mol. The van der Waals surface area contributed by atoms with Gasteiger partial charge in [-0.1, -0.05) is 0 Å². The molecule has 5 nitrogen and oxygen atoms in total. The second-order valence-corrected chi connectivity index (χ2v) is 2.06. The van der Waals surface area contributed by atoms with E-state index in [1.807, 2.05) is 0 Å². The summed E-state index contributed by atoms with van der Waals surface area (Å²) in [7, 11) is -3.25. The van der Waals surface area contributed by atoms with Crippen molar-refractivity contribution in [2.45, 2.75) is 5.44 Å². The molecular formula is C2H6Na2O5S. The van der Waals surface area contributed by atoms with Crippen LogP contribution in [0.5, 0.6) is 0 Å². The SMILES string of the molecule is O=C(O)C(O)[SH](=O)=O.[NaH].[NaH]. The Balaban J connectivity index is -0.000000245. The molecule has 0 fully saturated rings. The molecule has 0 bridgehead atoms. The molecule has 0 aliphatic heterocycles. The molecule has 0 aliphatic carbocycles. The van der Waals surface area contributed by atoms with Crippen molar-refractivity contribution in [3.63, 3.8) is 0 Å². The Kier molecular flexibility index (Phi) is 14.8. The zero-order chi connectivity index (χ0) is 6.73. The minimum atomic E-state index is -3.25. The van der Waals surface area contributed by atoms with E-state index in [-0.39, 0.29) is 59.1 Å². The first-order valence-corrected chi connectivity index (χ1v) is 2.84. The molecule has 0 amide bonds. The number of carbonyl (C=O) groups is 1. The third-order valence-electron chi connectivity index (χ3n) is 0.421. The molecule has 0 heterocycles. The van der Waals surface area contributed by atoms with Crippen LogP contribution in [0.15, 0.2) is 0 Å². The van der Waals surface area contributed by atoms with E-state index < -0.39 is 22.1 Å². The Bertz CT molecular complexity index is 157. The minimum absolute atomic E-state index is 0. The fraction of sp³-hybridized carbons (Fsp3) is 0.500. The Morgan fingerprint density at radius 1 is 1.30 bits per heavy atom. The molecule has 0 aliphatic rings. The zero-order valence-electron chi connectivity index (χ0n) is 3.64. The van der Waals surface area contributed by atoms with Crippen LogP contribution in [0, 0.1) is 0 Å². The summed E-state index contributed by atoms with van der Waals surface area (Å²) in [5.74, 6) is -1.75. The maximum atomic E-state index is 9.55. The average molecular weight is 188 g/mol. The van der Waals surface area contributed by atoms with E-state index in [0.29, 0.717) is 0 Å². The van der Waals surface area contributed by atoms with Crippen molar-refractivity contribution in [2.75, 3.05) is 0 Å². The van der Waals surface area contributed by atoms with Crippen molar-refractivity contribution in [2.24, 2.45) is 0 Å². The fourth-order valence-electron chi connectivity index (χ4n) is 0.0902. The molecular weight excluding hydrogens is 182 g/mol. The van der Waals surface area contributed by atoms with Gasteiger partial charge in [-0.15, -0.1) is 0 Å². The summed E-state index contributed by atoms with van der Waals surface area (Å²) >= 11 is 0. The van der Waals surface area contributed by atoms with Gasteiger partial charge in [-0.2, -0.15) is 0 Å². The van der Waals surface area contributed by atoms with Gasteiger partial charge in [-0.3, -0.25) is 0 Å². The predicted octanol–water partition coefficient (Wildman–Crippen LogP) is -3.30. The summed E-state index contributed by atoms with van der Waals surface area (Å²) in [5.41, 5.74) is -2.26. The second kappa shape index (κ2) is 8.48. The Hall–Kier alpha value is 1.38. The summed E-state index contributed by atoms with van der Waals surface area (Å²) in [6.45, 7) is 0. The fourth-order valence-corrected chi connectivity index (χ4v) is 0.271. The van der Waals surface area contributed by atoms with Crippen molar-refractivity contribution in [3.8, 4) is 0 Å². The molecule has 2 N–H and O–H groups in total. The normalized spacial score (nSPS) is 11.0. The maximum absolute atomic E-state index is 9.55. The van der Waals surface area contributed by atoms with Gasteiger partial charge in [0, 0.05) is 0 Å². The Morgan fingerprint density at radius 2 is 1.60 bits per heavy atom. The van der Waals surface area contributed by atoms with Crippen LogP contribution in [0.2, 0.25) is 0 Å². The number of aliphatic hydroxyl groups is 1. The van der Waals surface area contributed by atoms with E-state index >= 15 is 0 Å². The Morgan fingerprint density at radius 3 is 1.60 bits per heavy atom. The molecule has 0 aromatic rings. The zero-order valence-corrected chi connectivity index (χ0v) is 4.54. The van der Waals surface area contributed by atoms with Crippen molar-refractivity contribution in [1.82, 2.24) is 0 Å². The summed E-state index contributed by atoms with van der Waals surface area (Å²) in [6, 6.07) is 0. The molecule has 1 unspecified atom stereocenters. The molecule has 0 aromatic heterocycles.